The number of piperidine rings is 2. The molecule has 3 heterocycles. The van der Waals surface area contributed by atoms with Gasteiger partial charge in [-0.3, -0.25) is 24.6 Å². The number of amides is 3. The second kappa shape index (κ2) is 8.85. The first kappa shape index (κ1) is 21.4. The van der Waals surface area contributed by atoms with E-state index in [4.69, 9.17) is 4.74 Å². The molecule has 1 unspecified atom stereocenters. The van der Waals surface area contributed by atoms with Crippen LogP contribution in [0, 0.1) is 11.8 Å². The summed E-state index contributed by atoms with van der Waals surface area (Å²) in [6, 6.07) is 5.50. The molecule has 3 aliphatic heterocycles. The number of benzene rings is 1. The number of hydrogen-bond donors (Lipinski definition) is 1. The number of imide groups is 1. The zero-order valence-corrected chi connectivity index (χ0v) is 18.8. The second-order valence-corrected chi connectivity index (χ2v) is 10.1. The van der Waals surface area contributed by atoms with Gasteiger partial charge in [0.05, 0.1) is 0 Å². The van der Waals surface area contributed by atoms with Gasteiger partial charge in [-0.25, -0.2) is 0 Å². The topological polar surface area (TPSA) is 79.0 Å². The minimum Gasteiger partial charge on any atom is -0.492 e. The molecule has 32 heavy (non-hydrogen) atoms. The van der Waals surface area contributed by atoms with E-state index < -0.39 is 6.04 Å². The van der Waals surface area contributed by atoms with Gasteiger partial charge in [0.1, 0.15) is 18.4 Å². The molecule has 1 aromatic carbocycles. The van der Waals surface area contributed by atoms with Gasteiger partial charge in [-0.2, -0.15) is 0 Å². The van der Waals surface area contributed by atoms with Crippen LogP contribution in [-0.4, -0.2) is 59.3 Å². The van der Waals surface area contributed by atoms with E-state index in [2.05, 4.69) is 17.1 Å². The SMILES string of the molecule is CC1CC(CN2CCCC[C@@H]2COc2ccc3c(c2)CN(C2CCC(=O)NC2=O)C3=O)C1. The average Bonchev–Trinajstić information content (AvgIpc) is 3.07. The summed E-state index contributed by atoms with van der Waals surface area (Å²) in [6.45, 7) is 5.75. The number of carbonyl (C=O) groups excluding carboxylic acids is 3. The number of likely N-dealkylation sites (tertiary alicyclic amines) is 1. The molecule has 172 valence electrons. The summed E-state index contributed by atoms with van der Waals surface area (Å²) >= 11 is 0. The fraction of sp³-hybridized carbons (Fsp3) is 0.640. The predicted octanol–water partition coefficient (Wildman–Crippen LogP) is 2.73. The number of ether oxygens (including phenoxy) is 1. The van der Waals surface area contributed by atoms with Gasteiger partial charge < -0.3 is 9.64 Å². The molecule has 4 aliphatic rings. The molecule has 1 saturated carbocycles. The second-order valence-electron chi connectivity index (χ2n) is 10.1. The molecule has 1 aliphatic carbocycles. The smallest absolute Gasteiger partial charge is 0.255 e. The minimum absolute atomic E-state index is 0.144. The molecule has 0 aromatic heterocycles. The zero-order chi connectivity index (χ0) is 22.2. The summed E-state index contributed by atoms with van der Waals surface area (Å²) in [5.74, 6) is 1.72. The third kappa shape index (κ3) is 4.27. The molecule has 0 bridgehead atoms. The van der Waals surface area contributed by atoms with Crippen molar-refractivity contribution < 1.29 is 19.1 Å². The van der Waals surface area contributed by atoms with E-state index in [9.17, 15) is 14.4 Å². The van der Waals surface area contributed by atoms with Crippen LogP contribution in [-0.2, 0) is 16.1 Å². The number of hydrogen-bond acceptors (Lipinski definition) is 5. The molecule has 7 nitrogen and oxygen atoms in total. The molecule has 3 amide bonds. The lowest BCUT2D eigenvalue weighted by Gasteiger charge is -2.42. The van der Waals surface area contributed by atoms with E-state index in [0.29, 0.717) is 31.2 Å². The molecule has 3 fully saturated rings. The summed E-state index contributed by atoms with van der Waals surface area (Å²) in [7, 11) is 0. The van der Waals surface area contributed by atoms with E-state index in [1.807, 2.05) is 18.2 Å². The molecular formula is C25H33N3O4. The predicted molar refractivity (Wildman–Crippen MR) is 119 cm³/mol. The third-order valence-electron chi connectivity index (χ3n) is 7.65. The van der Waals surface area contributed by atoms with Gasteiger partial charge in [-0.05, 0) is 74.2 Å². The first-order valence-electron chi connectivity index (χ1n) is 12.1. The Morgan fingerprint density at radius 1 is 1.12 bits per heavy atom. The average molecular weight is 440 g/mol. The lowest BCUT2D eigenvalue weighted by atomic mass is 9.75. The van der Waals surface area contributed by atoms with Gasteiger partial charge >= 0.3 is 0 Å². The van der Waals surface area contributed by atoms with Gasteiger partial charge in [0.25, 0.3) is 5.91 Å². The number of rotatable bonds is 6. The monoisotopic (exact) mass is 439 g/mol. The van der Waals surface area contributed by atoms with Crippen LogP contribution in [0.1, 0.15) is 67.8 Å². The largest absolute Gasteiger partial charge is 0.492 e. The Kier molecular flexibility index (Phi) is 5.93. The normalized spacial score (nSPS) is 30.7. The Hall–Kier alpha value is -2.41. The Morgan fingerprint density at radius 3 is 2.75 bits per heavy atom. The summed E-state index contributed by atoms with van der Waals surface area (Å²) in [5, 5.41) is 2.35. The van der Waals surface area contributed by atoms with Gasteiger partial charge in [-0.1, -0.05) is 13.3 Å². The van der Waals surface area contributed by atoms with Gasteiger partial charge in [0, 0.05) is 31.1 Å². The van der Waals surface area contributed by atoms with Crippen molar-refractivity contribution in [3.63, 3.8) is 0 Å². The first-order chi connectivity index (χ1) is 15.5. The van der Waals surface area contributed by atoms with Crippen LogP contribution in [0.15, 0.2) is 18.2 Å². The van der Waals surface area contributed by atoms with Gasteiger partial charge in [0.2, 0.25) is 11.8 Å². The lowest BCUT2D eigenvalue weighted by Crippen LogP contribution is -2.52. The van der Waals surface area contributed by atoms with E-state index >= 15 is 0 Å². The molecule has 0 radical (unpaired) electrons. The number of nitrogens with zero attached hydrogens (tertiary/aromatic N) is 2. The van der Waals surface area contributed by atoms with E-state index in [1.165, 1.54) is 45.2 Å². The summed E-state index contributed by atoms with van der Waals surface area (Å²) in [4.78, 5) is 40.7. The molecule has 7 heteroatoms. The van der Waals surface area contributed by atoms with Crippen LogP contribution >= 0.6 is 0 Å². The minimum atomic E-state index is -0.581. The highest BCUT2D eigenvalue weighted by molar-refractivity contribution is 6.05. The van der Waals surface area contributed by atoms with E-state index in [1.54, 1.807) is 4.90 Å². The lowest BCUT2D eigenvalue weighted by molar-refractivity contribution is -0.136. The quantitative estimate of drug-likeness (QED) is 0.690. The standard InChI is InChI=1S/C25H33N3O4/c1-16-10-17(11-16)13-27-9-3-2-4-19(27)15-32-20-5-6-21-18(12-20)14-28(25(21)31)22-7-8-23(29)26-24(22)30/h5-6,12,16-17,19,22H,2-4,7-11,13-15H2,1H3,(H,26,29,30)/t16?,17?,19-,22?/m1/s1. The van der Waals surface area contributed by atoms with Crippen LogP contribution in [0.3, 0.4) is 0 Å². The van der Waals surface area contributed by atoms with Crippen LogP contribution in [0.5, 0.6) is 5.75 Å². The van der Waals surface area contributed by atoms with Crippen molar-refractivity contribution in [3.8, 4) is 5.75 Å². The molecule has 1 N–H and O–H groups in total. The highest BCUT2D eigenvalue weighted by Gasteiger charge is 2.39. The van der Waals surface area contributed by atoms with Crippen molar-refractivity contribution in [2.75, 3.05) is 19.7 Å². The highest BCUT2D eigenvalue weighted by atomic mass is 16.5. The molecule has 0 spiro atoms. The van der Waals surface area contributed by atoms with Gasteiger partial charge in [-0.15, -0.1) is 0 Å². The van der Waals surface area contributed by atoms with Crippen LogP contribution in [0.4, 0.5) is 0 Å². The Morgan fingerprint density at radius 2 is 1.97 bits per heavy atom. The van der Waals surface area contributed by atoms with E-state index in [-0.39, 0.29) is 24.1 Å². The van der Waals surface area contributed by atoms with Crippen molar-refractivity contribution in [1.29, 1.82) is 0 Å². The number of nitrogens with one attached hydrogen (secondary N) is 1. The Balaban J connectivity index is 1.20. The van der Waals surface area contributed by atoms with Crippen molar-refractivity contribution >= 4 is 17.7 Å². The highest BCUT2D eigenvalue weighted by Crippen LogP contribution is 2.35. The third-order valence-corrected chi connectivity index (χ3v) is 7.65. The Labute approximate surface area is 189 Å². The van der Waals surface area contributed by atoms with Crippen molar-refractivity contribution in [2.45, 2.75) is 70.5 Å². The molecular weight excluding hydrogens is 406 g/mol. The van der Waals surface area contributed by atoms with Crippen molar-refractivity contribution in [2.24, 2.45) is 11.8 Å². The Bertz CT molecular complexity index is 910. The maximum atomic E-state index is 12.9. The molecule has 2 atom stereocenters. The van der Waals surface area contributed by atoms with Crippen LogP contribution < -0.4 is 10.1 Å². The summed E-state index contributed by atoms with van der Waals surface area (Å²) in [6.07, 6.45) is 7.06. The molecule has 5 rings (SSSR count). The number of fused-ring (bicyclic) bond motifs is 1. The first-order valence-corrected chi connectivity index (χ1v) is 12.1. The summed E-state index contributed by atoms with van der Waals surface area (Å²) < 4.78 is 6.21. The molecule has 1 aromatic rings. The summed E-state index contributed by atoms with van der Waals surface area (Å²) in [5.41, 5.74) is 1.52. The van der Waals surface area contributed by atoms with Crippen molar-refractivity contribution in [1.82, 2.24) is 15.1 Å². The fourth-order valence-electron chi connectivity index (χ4n) is 5.87. The maximum Gasteiger partial charge on any atom is 0.255 e. The van der Waals surface area contributed by atoms with Crippen LogP contribution in [0.2, 0.25) is 0 Å². The van der Waals surface area contributed by atoms with Gasteiger partial charge in [0.15, 0.2) is 0 Å². The fourth-order valence-corrected chi connectivity index (χ4v) is 5.87. The van der Waals surface area contributed by atoms with Crippen LogP contribution in [0.25, 0.3) is 0 Å². The van der Waals surface area contributed by atoms with E-state index in [0.717, 1.165) is 23.1 Å². The molecule has 2 saturated heterocycles. The zero-order valence-electron chi connectivity index (χ0n) is 18.8. The maximum absolute atomic E-state index is 12.9. The van der Waals surface area contributed by atoms with Crippen molar-refractivity contribution in [3.05, 3.63) is 29.3 Å². The number of carbonyl (C=O) groups is 3.